The van der Waals surface area contributed by atoms with E-state index in [9.17, 15) is 0 Å². The molecule has 100 valence electrons. The van der Waals surface area contributed by atoms with Gasteiger partial charge in [-0.25, -0.2) is 0 Å². The molecular formula is C14H18Cl3N. The van der Waals surface area contributed by atoms with Crippen LogP contribution in [0.5, 0.6) is 0 Å². The van der Waals surface area contributed by atoms with E-state index in [1.807, 2.05) is 18.2 Å². The van der Waals surface area contributed by atoms with E-state index in [1.165, 1.54) is 25.7 Å². The lowest BCUT2D eigenvalue weighted by atomic mass is 9.87. The summed E-state index contributed by atoms with van der Waals surface area (Å²) < 4.78 is 0. The predicted octanol–water partition coefficient (Wildman–Crippen LogP) is 4.88. The minimum absolute atomic E-state index is 0.566. The minimum Gasteiger partial charge on any atom is -0.310 e. The average molecular weight is 307 g/mol. The molecule has 0 spiro atoms. The first-order chi connectivity index (χ1) is 8.70. The smallest absolute Gasteiger partial charge is 0.0465 e. The largest absolute Gasteiger partial charge is 0.310 e. The number of hydrogen-bond acceptors (Lipinski definition) is 1. The van der Waals surface area contributed by atoms with Crippen LogP contribution in [0.4, 0.5) is 0 Å². The Morgan fingerprint density at radius 1 is 1.06 bits per heavy atom. The van der Waals surface area contributed by atoms with Crippen LogP contribution in [0.25, 0.3) is 0 Å². The predicted molar refractivity (Wildman–Crippen MR) is 79.8 cm³/mol. The van der Waals surface area contributed by atoms with Gasteiger partial charge in [-0.2, -0.15) is 0 Å². The molecule has 0 radical (unpaired) electrons. The first kappa shape index (κ1) is 14.5. The highest BCUT2D eigenvalue weighted by Crippen LogP contribution is 2.27. The number of alkyl halides is 1. The van der Waals surface area contributed by atoms with Gasteiger partial charge in [-0.1, -0.05) is 29.3 Å². The molecule has 1 fully saturated rings. The molecule has 1 aliphatic carbocycles. The van der Waals surface area contributed by atoms with Crippen LogP contribution in [0.2, 0.25) is 10.0 Å². The lowest BCUT2D eigenvalue weighted by molar-refractivity contribution is 0.309. The van der Waals surface area contributed by atoms with Gasteiger partial charge in [0.15, 0.2) is 0 Å². The van der Waals surface area contributed by atoms with E-state index in [0.29, 0.717) is 12.0 Å². The molecular weight excluding hydrogens is 289 g/mol. The van der Waals surface area contributed by atoms with Crippen molar-refractivity contribution < 1.29 is 0 Å². The van der Waals surface area contributed by atoms with Crippen LogP contribution in [0, 0.1) is 5.92 Å². The lowest BCUT2D eigenvalue weighted by Crippen LogP contribution is -2.33. The summed E-state index contributed by atoms with van der Waals surface area (Å²) in [6.45, 7) is 0.745. The summed E-state index contributed by atoms with van der Waals surface area (Å²) in [5.41, 5.74) is 1.00. The molecule has 0 amide bonds. The molecule has 0 heterocycles. The van der Waals surface area contributed by atoms with E-state index < -0.39 is 0 Å². The van der Waals surface area contributed by atoms with Crippen molar-refractivity contribution in [1.29, 1.82) is 0 Å². The molecule has 2 rings (SSSR count). The van der Waals surface area contributed by atoms with Crippen molar-refractivity contribution in [3.05, 3.63) is 33.8 Å². The molecule has 0 atom stereocenters. The van der Waals surface area contributed by atoms with Gasteiger partial charge in [0.2, 0.25) is 0 Å². The maximum atomic E-state index is 6.15. The molecule has 4 heteroatoms. The molecule has 1 N–H and O–H groups in total. The van der Waals surface area contributed by atoms with Crippen LogP contribution in [-0.4, -0.2) is 11.9 Å². The summed E-state index contributed by atoms with van der Waals surface area (Å²) >= 11 is 18.2. The Morgan fingerprint density at radius 3 is 2.22 bits per heavy atom. The second kappa shape index (κ2) is 7.00. The Bertz CT molecular complexity index is 366. The zero-order valence-electron chi connectivity index (χ0n) is 10.3. The van der Waals surface area contributed by atoms with Crippen molar-refractivity contribution in [2.45, 2.75) is 38.3 Å². The van der Waals surface area contributed by atoms with Crippen molar-refractivity contribution in [3.63, 3.8) is 0 Å². The summed E-state index contributed by atoms with van der Waals surface area (Å²) in [7, 11) is 0. The summed E-state index contributed by atoms with van der Waals surface area (Å²) in [6, 6.07) is 6.21. The maximum Gasteiger partial charge on any atom is 0.0465 e. The minimum atomic E-state index is 0.566. The molecule has 0 aromatic heterocycles. The molecule has 1 aliphatic rings. The topological polar surface area (TPSA) is 12.0 Å². The average Bonchev–Trinajstić information content (AvgIpc) is 2.39. The SMILES string of the molecule is ClCC1CCC(NCc2c(Cl)cccc2Cl)CC1. The fourth-order valence-electron chi connectivity index (χ4n) is 2.47. The quantitative estimate of drug-likeness (QED) is 0.782. The molecule has 0 unspecified atom stereocenters. The van der Waals surface area contributed by atoms with Gasteiger partial charge in [-0.15, -0.1) is 11.6 Å². The molecule has 1 aromatic carbocycles. The van der Waals surface area contributed by atoms with E-state index in [2.05, 4.69) is 5.32 Å². The van der Waals surface area contributed by atoms with Gasteiger partial charge in [-0.3, -0.25) is 0 Å². The molecule has 1 nitrogen and oxygen atoms in total. The van der Waals surface area contributed by atoms with Crippen molar-refractivity contribution in [1.82, 2.24) is 5.32 Å². The standard InChI is InChI=1S/C14H18Cl3N/c15-8-10-4-6-11(7-5-10)18-9-12-13(16)2-1-3-14(12)17/h1-3,10-11,18H,4-9H2. The van der Waals surface area contributed by atoms with E-state index in [-0.39, 0.29) is 0 Å². The Morgan fingerprint density at radius 2 is 1.67 bits per heavy atom. The van der Waals surface area contributed by atoms with Crippen molar-refractivity contribution in [2.75, 3.05) is 5.88 Å². The van der Waals surface area contributed by atoms with Crippen LogP contribution in [0.15, 0.2) is 18.2 Å². The second-order valence-corrected chi connectivity index (χ2v) is 6.08. The van der Waals surface area contributed by atoms with Crippen molar-refractivity contribution in [2.24, 2.45) is 5.92 Å². The van der Waals surface area contributed by atoms with Gasteiger partial charge in [-0.05, 0) is 43.7 Å². The van der Waals surface area contributed by atoms with E-state index in [1.54, 1.807) is 0 Å². The van der Waals surface area contributed by atoms with Gasteiger partial charge in [0.1, 0.15) is 0 Å². The van der Waals surface area contributed by atoms with Gasteiger partial charge >= 0.3 is 0 Å². The second-order valence-electron chi connectivity index (χ2n) is 4.95. The molecule has 1 saturated carbocycles. The van der Waals surface area contributed by atoms with Crippen LogP contribution in [0.1, 0.15) is 31.2 Å². The van der Waals surface area contributed by atoms with Gasteiger partial charge in [0, 0.05) is 34.1 Å². The van der Waals surface area contributed by atoms with Crippen LogP contribution >= 0.6 is 34.8 Å². The van der Waals surface area contributed by atoms with Crippen LogP contribution < -0.4 is 5.32 Å². The highest BCUT2D eigenvalue weighted by molar-refractivity contribution is 6.35. The zero-order valence-corrected chi connectivity index (χ0v) is 12.5. The third-order valence-electron chi connectivity index (χ3n) is 3.69. The monoisotopic (exact) mass is 305 g/mol. The normalized spacial score (nSPS) is 24.2. The molecule has 1 aromatic rings. The number of nitrogens with one attached hydrogen (secondary N) is 1. The zero-order chi connectivity index (χ0) is 13.0. The van der Waals surface area contributed by atoms with E-state index in [0.717, 1.165) is 28.0 Å². The highest BCUT2D eigenvalue weighted by atomic mass is 35.5. The molecule has 0 aliphatic heterocycles. The summed E-state index contributed by atoms with van der Waals surface area (Å²) in [5.74, 6) is 1.50. The number of benzene rings is 1. The van der Waals surface area contributed by atoms with Gasteiger partial charge < -0.3 is 5.32 Å². The Labute approximate surface area is 124 Å². The number of hydrogen-bond donors (Lipinski definition) is 1. The number of rotatable bonds is 4. The molecule has 18 heavy (non-hydrogen) atoms. The third kappa shape index (κ3) is 3.77. The summed E-state index contributed by atoms with van der Waals surface area (Å²) in [4.78, 5) is 0. The van der Waals surface area contributed by atoms with Crippen LogP contribution in [0.3, 0.4) is 0 Å². The fraction of sp³-hybridized carbons (Fsp3) is 0.571. The maximum absolute atomic E-state index is 6.15. The first-order valence-electron chi connectivity index (χ1n) is 6.43. The Kier molecular flexibility index (Phi) is 5.62. The Balaban J connectivity index is 1.85. The fourth-order valence-corrected chi connectivity index (χ4v) is 3.31. The van der Waals surface area contributed by atoms with Gasteiger partial charge in [0.05, 0.1) is 0 Å². The third-order valence-corrected chi connectivity index (χ3v) is 4.84. The summed E-state index contributed by atoms with van der Waals surface area (Å²) in [5, 5.41) is 5.03. The summed E-state index contributed by atoms with van der Waals surface area (Å²) in [6.07, 6.45) is 4.83. The van der Waals surface area contributed by atoms with Crippen molar-refractivity contribution >= 4 is 34.8 Å². The van der Waals surface area contributed by atoms with Crippen LogP contribution in [-0.2, 0) is 6.54 Å². The first-order valence-corrected chi connectivity index (χ1v) is 7.72. The highest BCUT2D eigenvalue weighted by Gasteiger charge is 2.20. The lowest BCUT2D eigenvalue weighted by Gasteiger charge is -2.28. The van der Waals surface area contributed by atoms with Crippen molar-refractivity contribution in [3.8, 4) is 0 Å². The number of halogens is 3. The van der Waals surface area contributed by atoms with E-state index >= 15 is 0 Å². The Hall–Kier alpha value is 0.0500. The molecule has 0 bridgehead atoms. The van der Waals surface area contributed by atoms with Gasteiger partial charge in [0.25, 0.3) is 0 Å². The molecule has 0 saturated heterocycles. The van der Waals surface area contributed by atoms with E-state index in [4.69, 9.17) is 34.8 Å².